The Balaban J connectivity index is 2.22. The van der Waals surface area contributed by atoms with Crippen LogP contribution in [-0.4, -0.2) is 48.7 Å². The molecule has 0 radical (unpaired) electrons. The molecule has 0 aliphatic carbocycles. The molecule has 1 unspecified atom stereocenters. The summed E-state index contributed by atoms with van der Waals surface area (Å²) in [6, 6.07) is 5.52. The second-order valence-corrected chi connectivity index (χ2v) is 6.37. The van der Waals surface area contributed by atoms with E-state index in [9.17, 15) is 14.7 Å². The number of hydrogen-bond acceptors (Lipinski definition) is 3. The smallest absolute Gasteiger partial charge is 0.313 e. The van der Waals surface area contributed by atoms with Gasteiger partial charge in [-0.05, 0) is 31.0 Å². The fourth-order valence-corrected chi connectivity index (χ4v) is 3.03. The number of hydrogen-bond donors (Lipinski definition) is 1. The van der Waals surface area contributed by atoms with Crippen LogP contribution in [0.3, 0.4) is 0 Å². The van der Waals surface area contributed by atoms with Crippen LogP contribution < -0.4 is 0 Å². The highest BCUT2D eigenvalue weighted by atomic mass is 79.9. The van der Waals surface area contributed by atoms with Crippen LogP contribution in [0.2, 0.25) is 0 Å². The average molecular weight is 356 g/mol. The molecule has 1 aliphatic rings. The predicted molar refractivity (Wildman–Crippen MR) is 81.3 cm³/mol. The molecule has 1 amide bonds. The first kappa shape index (κ1) is 16.0. The van der Waals surface area contributed by atoms with Crippen molar-refractivity contribution in [1.82, 2.24) is 4.90 Å². The number of carbonyl (C=O) groups is 2. The van der Waals surface area contributed by atoms with Gasteiger partial charge in [0.2, 0.25) is 0 Å². The molecule has 1 saturated heterocycles. The summed E-state index contributed by atoms with van der Waals surface area (Å²) < 4.78 is 5.87. The summed E-state index contributed by atoms with van der Waals surface area (Å²) >= 11 is 3.36. The zero-order valence-corrected chi connectivity index (χ0v) is 13.6. The summed E-state index contributed by atoms with van der Waals surface area (Å²) in [5, 5.41) is 9.44. The van der Waals surface area contributed by atoms with Crippen LogP contribution in [0.4, 0.5) is 0 Å². The number of halogens is 1. The van der Waals surface area contributed by atoms with Gasteiger partial charge in [0.05, 0.1) is 6.61 Å². The van der Waals surface area contributed by atoms with Gasteiger partial charge in [0.1, 0.15) is 5.41 Å². The molecule has 1 aromatic carbocycles. The van der Waals surface area contributed by atoms with Crippen LogP contribution in [-0.2, 0) is 9.53 Å². The molecular formula is C15H18BrNO4. The van der Waals surface area contributed by atoms with E-state index in [-0.39, 0.29) is 19.1 Å². The Morgan fingerprint density at radius 2 is 2.19 bits per heavy atom. The molecule has 1 aromatic rings. The van der Waals surface area contributed by atoms with Gasteiger partial charge < -0.3 is 14.7 Å². The number of aliphatic carboxylic acids is 1. The summed E-state index contributed by atoms with van der Waals surface area (Å²) in [5.74, 6) is -1.04. The van der Waals surface area contributed by atoms with Gasteiger partial charge >= 0.3 is 5.97 Å². The molecule has 1 heterocycles. The molecule has 0 spiro atoms. The van der Waals surface area contributed by atoms with E-state index in [4.69, 9.17) is 4.74 Å². The molecule has 21 heavy (non-hydrogen) atoms. The van der Waals surface area contributed by atoms with Crippen LogP contribution in [0.1, 0.15) is 22.3 Å². The number of methoxy groups -OCH3 is 1. The molecule has 0 aromatic heterocycles. The van der Waals surface area contributed by atoms with Crippen LogP contribution in [0.25, 0.3) is 0 Å². The number of benzene rings is 1. The predicted octanol–water partition coefficient (Wildman–Crippen LogP) is 2.32. The van der Waals surface area contributed by atoms with E-state index in [0.29, 0.717) is 18.5 Å². The van der Waals surface area contributed by atoms with E-state index in [1.807, 2.05) is 19.1 Å². The maximum Gasteiger partial charge on any atom is 0.313 e. The van der Waals surface area contributed by atoms with Crippen LogP contribution >= 0.6 is 15.9 Å². The molecule has 1 N–H and O–H groups in total. The van der Waals surface area contributed by atoms with E-state index >= 15 is 0 Å². The number of carbonyl (C=O) groups excluding carboxylic acids is 1. The lowest BCUT2D eigenvalue weighted by atomic mass is 9.88. The van der Waals surface area contributed by atoms with E-state index in [1.54, 1.807) is 11.0 Å². The minimum absolute atomic E-state index is 0.115. The fourth-order valence-electron chi connectivity index (χ4n) is 2.67. The summed E-state index contributed by atoms with van der Waals surface area (Å²) in [6.45, 7) is 2.60. The number of rotatable bonds is 4. The Kier molecular flexibility index (Phi) is 4.68. The minimum atomic E-state index is -0.996. The van der Waals surface area contributed by atoms with Crippen molar-refractivity contribution < 1.29 is 19.4 Å². The first-order chi connectivity index (χ1) is 9.89. The lowest BCUT2D eigenvalue weighted by Gasteiger charge is -2.24. The van der Waals surface area contributed by atoms with Crippen molar-refractivity contribution in [2.45, 2.75) is 13.3 Å². The largest absolute Gasteiger partial charge is 0.481 e. The molecule has 1 atom stereocenters. The minimum Gasteiger partial charge on any atom is -0.481 e. The standard InChI is InChI=1S/C15H18BrNO4/c1-10-3-4-11(16)7-12(10)13(18)17-6-5-15(8-17,9-21-2)14(19)20/h3-4,7H,5-6,8-9H2,1-2H3,(H,19,20). The maximum atomic E-state index is 12.6. The third-order valence-corrected chi connectivity index (χ3v) is 4.44. The van der Waals surface area contributed by atoms with Crippen LogP contribution in [0.15, 0.2) is 22.7 Å². The average Bonchev–Trinajstić information content (AvgIpc) is 2.87. The first-order valence-corrected chi connectivity index (χ1v) is 7.47. The Labute approximate surface area is 132 Å². The monoisotopic (exact) mass is 355 g/mol. The highest BCUT2D eigenvalue weighted by Crippen LogP contribution is 2.32. The number of amides is 1. The quantitative estimate of drug-likeness (QED) is 0.899. The van der Waals surface area contributed by atoms with Gasteiger partial charge in [-0.25, -0.2) is 0 Å². The third-order valence-electron chi connectivity index (χ3n) is 3.95. The van der Waals surface area contributed by atoms with Crippen molar-refractivity contribution in [3.8, 4) is 0 Å². The highest BCUT2D eigenvalue weighted by Gasteiger charge is 2.46. The summed E-state index contributed by atoms with van der Waals surface area (Å²) in [5.41, 5.74) is 0.482. The molecule has 0 saturated carbocycles. The van der Waals surface area contributed by atoms with E-state index < -0.39 is 11.4 Å². The summed E-state index contributed by atoms with van der Waals surface area (Å²) in [6.07, 6.45) is 0.412. The van der Waals surface area contributed by atoms with Gasteiger partial charge in [0, 0.05) is 30.2 Å². The van der Waals surface area contributed by atoms with E-state index in [1.165, 1.54) is 7.11 Å². The van der Waals surface area contributed by atoms with Crippen molar-refractivity contribution in [2.75, 3.05) is 26.8 Å². The highest BCUT2D eigenvalue weighted by molar-refractivity contribution is 9.10. The van der Waals surface area contributed by atoms with Gasteiger partial charge in [0.25, 0.3) is 5.91 Å². The molecule has 6 heteroatoms. The molecule has 114 valence electrons. The number of likely N-dealkylation sites (tertiary alicyclic amines) is 1. The topological polar surface area (TPSA) is 66.8 Å². The molecule has 1 aliphatic heterocycles. The van der Waals surface area contributed by atoms with Crippen LogP contribution in [0.5, 0.6) is 0 Å². The zero-order chi connectivity index (χ0) is 15.6. The van der Waals surface area contributed by atoms with Gasteiger partial charge in [-0.2, -0.15) is 0 Å². The van der Waals surface area contributed by atoms with Crippen molar-refractivity contribution in [2.24, 2.45) is 5.41 Å². The number of nitrogens with zero attached hydrogens (tertiary/aromatic N) is 1. The van der Waals surface area contributed by atoms with Crippen molar-refractivity contribution in [3.63, 3.8) is 0 Å². The van der Waals surface area contributed by atoms with Gasteiger partial charge in [-0.1, -0.05) is 22.0 Å². The molecule has 1 fully saturated rings. The zero-order valence-electron chi connectivity index (χ0n) is 12.1. The number of carboxylic acids is 1. The second kappa shape index (κ2) is 6.15. The van der Waals surface area contributed by atoms with Gasteiger partial charge in [-0.3, -0.25) is 9.59 Å². The Bertz CT molecular complexity index is 575. The normalized spacial score (nSPS) is 21.6. The van der Waals surface area contributed by atoms with Crippen molar-refractivity contribution >= 4 is 27.8 Å². The van der Waals surface area contributed by atoms with E-state index in [0.717, 1.165) is 10.0 Å². The van der Waals surface area contributed by atoms with E-state index in [2.05, 4.69) is 15.9 Å². The van der Waals surface area contributed by atoms with Gasteiger partial charge in [0.15, 0.2) is 0 Å². The third kappa shape index (κ3) is 3.11. The second-order valence-electron chi connectivity index (χ2n) is 5.45. The molecule has 0 bridgehead atoms. The summed E-state index contributed by atoms with van der Waals surface area (Å²) in [7, 11) is 1.48. The maximum absolute atomic E-state index is 12.6. The molecule has 2 rings (SSSR count). The number of carboxylic acid groups (broad SMARTS) is 1. The Morgan fingerprint density at radius 1 is 1.48 bits per heavy atom. The van der Waals surface area contributed by atoms with Crippen LogP contribution in [0, 0.1) is 12.3 Å². The van der Waals surface area contributed by atoms with Crippen molar-refractivity contribution in [1.29, 1.82) is 0 Å². The number of aryl methyl sites for hydroxylation is 1. The summed E-state index contributed by atoms with van der Waals surface area (Å²) in [4.78, 5) is 25.7. The Morgan fingerprint density at radius 3 is 2.81 bits per heavy atom. The lowest BCUT2D eigenvalue weighted by Crippen LogP contribution is -2.40. The molecular weight excluding hydrogens is 338 g/mol. The molecule has 5 nitrogen and oxygen atoms in total. The Hall–Kier alpha value is -1.40. The fraction of sp³-hybridized carbons (Fsp3) is 0.467. The first-order valence-electron chi connectivity index (χ1n) is 6.67. The van der Waals surface area contributed by atoms with Crippen molar-refractivity contribution in [3.05, 3.63) is 33.8 Å². The van der Waals surface area contributed by atoms with Gasteiger partial charge in [-0.15, -0.1) is 0 Å². The SMILES string of the molecule is COCC1(C(=O)O)CCN(C(=O)c2cc(Br)ccc2C)C1. The lowest BCUT2D eigenvalue weighted by molar-refractivity contribution is -0.151. The number of ether oxygens (including phenoxy) is 1.